The molecule has 0 saturated carbocycles. The van der Waals surface area contributed by atoms with Crippen molar-refractivity contribution >= 4 is 35.0 Å². The van der Waals surface area contributed by atoms with Gasteiger partial charge in [-0.15, -0.1) is 11.3 Å². The van der Waals surface area contributed by atoms with Crippen molar-refractivity contribution in [3.8, 4) is 5.75 Å². The molecule has 1 fully saturated rings. The summed E-state index contributed by atoms with van der Waals surface area (Å²) in [5.74, 6) is -0.599. The number of hydrogen-bond donors (Lipinski definition) is 2. The van der Waals surface area contributed by atoms with Crippen LogP contribution in [0, 0.1) is 17.8 Å². The number of nitrogens with one attached hydrogen (secondary N) is 2. The molecule has 1 aromatic heterocycles. The van der Waals surface area contributed by atoms with Crippen LogP contribution in [-0.4, -0.2) is 103 Å². The second-order valence-corrected chi connectivity index (χ2v) is 19.9. The number of unbranched alkanes of at least 4 members (excludes halogenated alkanes) is 1. The Morgan fingerprint density at radius 3 is 2.36 bits per heavy atom. The Labute approximate surface area is 415 Å². The number of thiazole rings is 1. The van der Waals surface area contributed by atoms with E-state index in [4.69, 9.17) is 24.7 Å². The summed E-state index contributed by atoms with van der Waals surface area (Å²) < 4.78 is 18.1. The first kappa shape index (κ1) is 56.6. The molecule has 69 heavy (non-hydrogen) atoms. The van der Waals surface area contributed by atoms with E-state index in [9.17, 15) is 19.2 Å². The summed E-state index contributed by atoms with van der Waals surface area (Å²) >= 11 is 1.37. The number of hydrogen-bond acceptors (Lipinski definition) is 11. The number of amides is 3. The molecule has 3 aromatic rings. The van der Waals surface area contributed by atoms with Crippen LogP contribution in [0.1, 0.15) is 152 Å². The molecule has 0 spiro atoms. The number of esters is 1. The average molecular weight is 973 g/mol. The molecule has 1 saturated heterocycles. The summed E-state index contributed by atoms with van der Waals surface area (Å²) in [5, 5.41) is 12.4. The standard InChI is InChI=1S/C53H80N8O7S/c1-9-29-61(52(64)48(38(6)11-3)58-50(63)45-21-15-17-30-60(45)8)46(37(4)5)34-47(67-31-10-2)51-57-44(36-69-51)49(62)56-42(33-39(7)53(65)68-35-41-19-13-12-14-20-41)25-22-40-23-26-43(27-24-40)66-32-18-16-28-55-59-54/h12-14,19-20,23-24,26-27,36-39,42,45-48H,9-11,15-18,21-22,25,28-35H2,1-8H3,(H,56,62)(H,58,63)/t38-,39-,42-,45+,46+,47+,48-/m0/s1. The third-order valence-electron chi connectivity index (χ3n) is 13.1. The van der Waals surface area contributed by atoms with Crippen molar-refractivity contribution in [1.82, 2.24) is 25.4 Å². The van der Waals surface area contributed by atoms with Gasteiger partial charge in [0.05, 0.1) is 18.6 Å². The molecule has 3 amide bonds. The van der Waals surface area contributed by atoms with E-state index in [1.807, 2.05) is 87.3 Å². The van der Waals surface area contributed by atoms with Gasteiger partial charge >= 0.3 is 5.97 Å². The molecular formula is C53H80N8O7S. The van der Waals surface area contributed by atoms with Crippen molar-refractivity contribution in [2.75, 3.05) is 39.9 Å². The SMILES string of the molecule is CCCO[C@H](C[C@H](C(C)C)N(CCC)C(=O)[C@@H](NC(=O)[C@H]1CCCCN1C)[C@@H](C)CC)c1nc(C(=O)N[C@@H](CCc2ccc(OCCCCN=[N+]=[N-])cc2)C[C@H](C)C(=O)OCc2ccccc2)cs1. The van der Waals surface area contributed by atoms with Crippen LogP contribution in [0.2, 0.25) is 0 Å². The number of nitrogens with zero attached hydrogens (tertiary/aromatic N) is 6. The number of likely N-dealkylation sites (N-methyl/N-ethyl adjacent to an activating group) is 1. The summed E-state index contributed by atoms with van der Waals surface area (Å²) in [4.78, 5) is 67.7. The molecular weight excluding hydrogens is 893 g/mol. The van der Waals surface area contributed by atoms with E-state index < -0.39 is 18.1 Å². The maximum absolute atomic E-state index is 14.8. The number of carbonyl (C=O) groups excluding carboxylic acids is 4. The first-order chi connectivity index (χ1) is 33.3. The maximum Gasteiger partial charge on any atom is 0.309 e. The molecule has 380 valence electrons. The van der Waals surface area contributed by atoms with Gasteiger partial charge in [-0.2, -0.15) is 0 Å². The molecule has 0 bridgehead atoms. The Hall–Kier alpha value is -5.02. The van der Waals surface area contributed by atoms with E-state index in [2.05, 4.69) is 53.3 Å². The van der Waals surface area contributed by atoms with Crippen molar-refractivity contribution in [1.29, 1.82) is 0 Å². The molecule has 2 N–H and O–H groups in total. The number of likely N-dealkylation sites (tertiary alicyclic amines) is 1. The molecule has 4 rings (SSSR count). The van der Waals surface area contributed by atoms with Crippen molar-refractivity contribution in [3.63, 3.8) is 0 Å². The van der Waals surface area contributed by atoms with Crippen LogP contribution in [0.5, 0.6) is 5.75 Å². The van der Waals surface area contributed by atoms with Gasteiger partial charge in [-0.3, -0.25) is 24.1 Å². The molecule has 2 heterocycles. The summed E-state index contributed by atoms with van der Waals surface area (Å²) in [6, 6.07) is 15.9. The number of aromatic nitrogens is 1. The van der Waals surface area contributed by atoms with Crippen LogP contribution in [-0.2, 0) is 36.9 Å². The Bertz CT molecular complexity index is 2050. The van der Waals surface area contributed by atoms with E-state index in [0.29, 0.717) is 57.0 Å². The third-order valence-corrected chi connectivity index (χ3v) is 14.0. The lowest BCUT2D eigenvalue weighted by Gasteiger charge is -2.40. The lowest BCUT2D eigenvalue weighted by molar-refractivity contribution is -0.149. The highest BCUT2D eigenvalue weighted by molar-refractivity contribution is 7.09. The molecule has 0 unspecified atom stereocenters. The van der Waals surface area contributed by atoms with E-state index in [-0.39, 0.29) is 66.0 Å². The Morgan fingerprint density at radius 1 is 0.942 bits per heavy atom. The Kier molecular flexibility index (Phi) is 25.1. The largest absolute Gasteiger partial charge is 0.494 e. The molecule has 1 aliphatic rings. The van der Waals surface area contributed by atoms with E-state index in [1.165, 1.54) is 11.3 Å². The summed E-state index contributed by atoms with van der Waals surface area (Å²) in [7, 11) is 1.98. The fourth-order valence-electron chi connectivity index (χ4n) is 8.73. The van der Waals surface area contributed by atoms with Gasteiger partial charge in [0.2, 0.25) is 11.8 Å². The molecule has 2 aromatic carbocycles. The number of ether oxygens (including phenoxy) is 3. The number of piperidine rings is 1. The number of benzene rings is 2. The third kappa shape index (κ3) is 18.7. The van der Waals surface area contributed by atoms with Gasteiger partial charge in [-0.05, 0) is 112 Å². The second-order valence-electron chi connectivity index (χ2n) is 19.0. The molecule has 16 heteroatoms. The molecule has 0 aliphatic carbocycles. The predicted molar refractivity (Wildman–Crippen MR) is 273 cm³/mol. The zero-order valence-electron chi connectivity index (χ0n) is 42.6. The zero-order chi connectivity index (χ0) is 50.1. The highest BCUT2D eigenvalue weighted by atomic mass is 32.1. The summed E-state index contributed by atoms with van der Waals surface area (Å²) in [5.41, 5.74) is 10.7. The first-order valence-electron chi connectivity index (χ1n) is 25.4. The van der Waals surface area contributed by atoms with Crippen LogP contribution in [0.3, 0.4) is 0 Å². The van der Waals surface area contributed by atoms with Crippen molar-refractivity contribution < 1.29 is 33.4 Å². The van der Waals surface area contributed by atoms with Gasteiger partial charge in [0, 0.05) is 48.5 Å². The molecule has 1 aliphatic heterocycles. The van der Waals surface area contributed by atoms with Crippen molar-refractivity contribution in [2.24, 2.45) is 22.9 Å². The van der Waals surface area contributed by atoms with Gasteiger partial charge in [0.25, 0.3) is 5.91 Å². The highest BCUT2D eigenvalue weighted by Gasteiger charge is 2.38. The first-order valence-corrected chi connectivity index (χ1v) is 26.3. The van der Waals surface area contributed by atoms with E-state index in [0.717, 1.165) is 74.8 Å². The van der Waals surface area contributed by atoms with Gasteiger partial charge in [0.1, 0.15) is 35.2 Å². The predicted octanol–water partition coefficient (Wildman–Crippen LogP) is 10.2. The topological polar surface area (TPSA) is 188 Å². The fraction of sp³-hybridized carbons (Fsp3) is 0.642. The quantitative estimate of drug-likeness (QED) is 0.0208. The lowest BCUT2D eigenvalue weighted by Crippen LogP contribution is -2.58. The van der Waals surface area contributed by atoms with Crippen molar-refractivity contribution in [3.05, 3.63) is 92.2 Å². The Morgan fingerprint density at radius 2 is 1.70 bits per heavy atom. The minimum absolute atomic E-state index is 0.0565. The molecule has 7 atom stereocenters. The van der Waals surface area contributed by atoms with Crippen LogP contribution < -0.4 is 15.4 Å². The van der Waals surface area contributed by atoms with Gasteiger partial charge in [-0.1, -0.05) is 109 Å². The van der Waals surface area contributed by atoms with Crippen LogP contribution in [0.25, 0.3) is 10.4 Å². The molecule has 15 nitrogen and oxygen atoms in total. The van der Waals surface area contributed by atoms with Gasteiger partial charge in [-0.25, -0.2) is 4.98 Å². The van der Waals surface area contributed by atoms with Crippen LogP contribution >= 0.6 is 11.3 Å². The number of aryl methyl sites for hydroxylation is 1. The minimum Gasteiger partial charge on any atom is -0.494 e. The smallest absolute Gasteiger partial charge is 0.309 e. The lowest BCUT2D eigenvalue weighted by atomic mass is 9.92. The van der Waals surface area contributed by atoms with Crippen molar-refractivity contribution in [2.45, 2.75) is 162 Å². The van der Waals surface area contributed by atoms with Gasteiger partial charge in [0.15, 0.2) is 0 Å². The maximum atomic E-state index is 14.8. The second kappa shape index (κ2) is 30.6. The monoisotopic (exact) mass is 973 g/mol. The summed E-state index contributed by atoms with van der Waals surface area (Å²) in [6.45, 7) is 17.3. The van der Waals surface area contributed by atoms with Gasteiger partial charge < -0.3 is 29.7 Å². The zero-order valence-corrected chi connectivity index (χ0v) is 43.4. The average Bonchev–Trinajstić information content (AvgIpc) is 3.85. The number of carbonyl (C=O) groups is 4. The summed E-state index contributed by atoms with van der Waals surface area (Å²) in [6.07, 6.45) is 8.17. The molecule has 0 radical (unpaired) electrons. The number of rotatable bonds is 31. The fourth-order valence-corrected chi connectivity index (χ4v) is 9.59. The van der Waals surface area contributed by atoms with Crippen LogP contribution in [0.4, 0.5) is 0 Å². The van der Waals surface area contributed by atoms with E-state index in [1.54, 1.807) is 5.38 Å². The number of azide groups is 1. The minimum atomic E-state index is -0.663. The Balaban J connectivity index is 1.51. The van der Waals surface area contributed by atoms with E-state index >= 15 is 0 Å². The van der Waals surface area contributed by atoms with Crippen LogP contribution in [0.15, 0.2) is 65.1 Å². The highest BCUT2D eigenvalue weighted by Crippen LogP contribution is 2.32. The normalized spacial score (nSPS) is 16.6.